The van der Waals surface area contributed by atoms with Crippen molar-refractivity contribution in [2.45, 2.75) is 6.54 Å². The Balaban J connectivity index is 2.31. The van der Waals surface area contributed by atoms with Crippen LogP contribution in [0.25, 0.3) is 0 Å². The number of nitrogens with zero attached hydrogens (tertiary/aromatic N) is 3. The van der Waals surface area contributed by atoms with E-state index in [-0.39, 0.29) is 0 Å². The van der Waals surface area contributed by atoms with E-state index in [2.05, 4.69) is 27.1 Å². The Morgan fingerprint density at radius 3 is 2.81 bits per heavy atom. The average Bonchev–Trinajstić information content (AvgIpc) is 2.59. The Hall–Kier alpha value is -1.80. The highest BCUT2D eigenvalue weighted by molar-refractivity contribution is 9.10. The van der Waals surface area contributed by atoms with Crippen LogP contribution in [-0.2, 0) is 6.54 Å². The van der Waals surface area contributed by atoms with Gasteiger partial charge in [-0.3, -0.25) is 4.68 Å². The molecule has 0 bridgehead atoms. The van der Waals surface area contributed by atoms with Gasteiger partial charge in [-0.2, -0.15) is 10.4 Å². The molecule has 1 heterocycles. The molecule has 1 aromatic heterocycles. The van der Waals surface area contributed by atoms with Crippen LogP contribution in [0.4, 0.5) is 5.82 Å². The normalized spacial score (nSPS) is 10.0. The summed E-state index contributed by atoms with van der Waals surface area (Å²) >= 11 is 3.29. The molecule has 2 N–H and O–H groups in total. The number of nitriles is 1. The van der Waals surface area contributed by atoms with E-state index in [1.54, 1.807) is 16.9 Å². The van der Waals surface area contributed by atoms with Crippen molar-refractivity contribution in [1.29, 1.82) is 5.26 Å². The fourth-order valence-corrected chi connectivity index (χ4v) is 1.75. The van der Waals surface area contributed by atoms with Crippen LogP contribution < -0.4 is 5.73 Å². The largest absolute Gasteiger partial charge is 0.381 e. The summed E-state index contributed by atoms with van der Waals surface area (Å²) in [6, 6.07) is 9.59. The fraction of sp³-hybridized carbons (Fsp3) is 0.0909. The molecule has 4 nitrogen and oxygen atoms in total. The van der Waals surface area contributed by atoms with Crippen LogP contribution >= 0.6 is 15.9 Å². The molecular weight excluding hydrogens is 268 g/mol. The smallest absolute Gasteiger partial charge is 0.159 e. The number of halogens is 1. The number of anilines is 1. The van der Waals surface area contributed by atoms with Crippen molar-refractivity contribution in [2.24, 2.45) is 0 Å². The SMILES string of the molecule is N#Cc1ccccc1Cn1cc(Br)c(N)n1. The minimum atomic E-state index is 0.453. The van der Waals surface area contributed by atoms with Crippen LogP contribution in [0.1, 0.15) is 11.1 Å². The number of rotatable bonds is 2. The monoisotopic (exact) mass is 276 g/mol. The van der Waals surface area contributed by atoms with Crippen molar-refractivity contribution < 1.29 is 0 Å². The lowest BCUT2D eigenvalue weighted by molar-refractivity contribution is 0.689. The van der Waals surface area contributed by atoms with Gasteiger partial charge in [-0.15, -0.1) is 0 Å². The summed E-state index contributed by atoms with van der Waals surface area (Å²) in [7, 11) is 0. The molecule has 0 saturated heterocycles. The molecule has 0 aliphatic rings. The molecule has 0 saturated carbocycles. The van der Waals surface area contributed by atoms with Crippen molar-refractivity contribution in [1.82, 2.24) is 9.78 Å². The minimum absolute atomic E-state index is 0.453. The maximum atomic E-state index is 8.94. The van der Waals surface area contributed by atoms with Crippen molar-refractivity contribution >= 4 is 21.7 Å². The summed E-state index contributed by atoms with van der Waals surface area (Å²) in [5.41, 5.74) is 7.21. The zero-order valence-corrected chi connectivity index (χ0v) is 9.98. The molecular formula is C11H9BrN4. The van der Waals surface area contributed by atoms with Crippen LogP contribution in [0, 0.1) is 11.3 Å². The van der Waals surface area contributed by atoms with Crippen LogP contribution in [0.2, 0.25) is 0 Å². The molecule has 0 spiro atoms. The summed E-state index contributed by atoms with van der Waals surface area (Å²) < 4.78 is 2.47. The van der Waals surface area contributed by atoms with Gasteiger partial charge in [0.25, 0.3) is 0 Å². The fourth-order valence-electron chi connectivity index (χ4n) is 1.43. The van der Waals surface area contributed by atoms with Crippen molar-refractivity contribution in [3.05, 3.63) is 46.1 Å². The van der Waals surface area contributed by atoms with E-state index in [0.29, 0.717) is 17.9 Å². The Morgan fingerprint density at radius 2 is 2.19 bits per heavy atom. The lowest BCUT2D eigenvalue weighted by Crippen LogP contribution is -2.02. The number of aromatic nitrogens is 2. The molecule has 0 fully saturated rings. The molecule has 0 unspecified atom stereocenters. The topological polar surface area (TPSA) is 67.6 Å². The zero-order chi connectivity index (χ0) is 11.5. The van der Waals surface area contributed by atoms with E-state index in [1.165, 1.54) is 0 Å². The maximum absolute atomic E-state index is 8.94. The predicted molar refractivity (Wildman–Crippen MR) is 64.6 cm³/mol. The quantitative estimate of drug-likeness (QED) is 0.914. The van der Waals surface area contributed by atoms with E-state index in [4.69, 9.17) is 11.0 Å². The van der Waals surface area contributed by atoms with Gasteiger partial charge in [-0.05, 0) is 27.6 Å². The molecule has 2 aromatic rings. The Morgan fingerprint density at radius 1 is 1.44 bits per heavy atom. The number of benzene rings is 1. The van der Waals surface area contributed by atoms with Crippen molar-refractivity contribution in [3.8, 4) is 6.07 Å². The third kappa shape index (κ3) is 2.07. The summed E-state index contributed by atoms with van der Waals surface area (Å²) in [4.78, 5) is 0. The Kier molecular flexibility index (Phi) is 2.93. The summed E-state index contributed by atoms with van der Waals surface area (Å²) in [5, 5.41) is 13.1. The molecule has 0 radical (unpaired) electrons. The van der Waals surface area contributed by atoms with Crippen LogP contribution in [-0.4, -0.2) is 9.78 Å². The average molecular weight is 277 g/mol. The van der Waals surface area contributed by atoms with Crippen molar-refractivity contribution in [2.75, 3.05) is 5.73 Å². The van der Waals surface area contributed by atoms with Gasteiger partial charge in [-0.1, -0.05) is 18.2 Å². The van der Waals surface area contributed by atoms with E-state index in [9.17, 15) is 0 Å². The van der Waals surface area contributed by atoms with Gasteiger partial charge in [-0.25, -0.2) is 0 Å². The lowest BCUT2D eigenvalue weighted by Gasteiger charge is -2.03. The van der Waals surface area contributed by atoms with Crippen LogP contribution in [0.5, 0.6) is 0 Å². The first-order chi connectivity index (χ1) is 7.70. The van der Waals surface area contributed by atoms with Crippen LogP contribution in [0.15, 0.2) is 34.9 Å². The standard InChI is InChI=1S/C11H9BrN4/c12-10-7-16(15-11(10)14)6-9-4-2-1-3-8(9)5-13/h1-4,7H,6H2,(H2,14,15). The zero-order valence-electron chi connectivity index (χ0n) is 8.39. The lowest BCUT2D eigenvalue weighted by atomic mass is 10.1. The molecule has 80 valence electrons. The highest BCUT2D eigenvalue weighted by Crippen LogP contribution is 2.17. The molecule has 5 heteroatoms. The molecule has 1 aromatic carbocycles. The van der Waals surface area contributed by atoms with Crippen LogP contribution in [0.3, 0.4) is 0 Å². The summed E-state index contributed by atoms with van der Waals surface area (Å²) in [6.07, 6.45) is 1.80. The maximum Gasteiger partial charge on any atom is 0.159 e. The molecule has 0 aliphatic heterocycles. The summed E-state index contributed by atoms with van der Waals surface area (Å²) in [6.45, 7) is 0.541. The molecule has 0 aliphatic carbocycles. The van der Waals surface area contributed by atoms with Gasteiger partial charge in [0.1, 0.15) is 0 Å². The van der Waals surface area contributed by atoms with E-state index in [0.717, 1.165) is 10.0 Å². The number of nitrogen functional groups attached to an aromatic ring is 1. The van der Waals surface area contributed by atoms with Gasteiger partial charge >= 0.3 is 0 Å². The molecule has 0 atom stereocenters. The minimum Gasteiger partial charge on any atom is -0.381 e. The highest BCUT2D eigenvalue weighted by Gasteiger charge is 2.05. The first-order valence-electron chi connectivity index (χ1n) is 4.67. The second-order valence-electron chi connectivity index (χ2n) is 3.33. The van der Waals surface area contributed by atoms with E-state index in [1.807, 2.05) is 18.2 Å². The first kappa shape index (κ1) is 10.7. The number of hydrogen-bond donors (Lipinski definition) is 1. The van der Waals surface area contributed by atoms with Gasteiger partial charge in [0.2, 0.25) is 0 Å². The van der Waals surface area contributed by atoms with E-state index < -0.39 is 0 Å². The number of nitrogens with two attached hydrogens (primary N) is 1. The predicted octanol–water partition coefficient (Wildman–Crippen LogP) is 2.15. The molecule has 0 amide bonds. The first-order valence-corrected chi connectivity index (χ1v) is 5.46. The van der Waals surface area contributed by atoms with Gasteiger partial charge in [0.15, 0.2) is 5.82 Å². The Bertz CT molecular complexity index is 534. The van der Waals surface area contributed by atoms with Gasteiger partial charge in [0, 0.05) is 6.20 Å². The third-order valence-corrected chi connectivity index (χ3v) is 2.82. The Labute approximate surface area is 101 Å². The second-order valence-corrected chi connectivity index (χ2v) is 4.18. The van der Waals surface area contributed by atoms with E-state index >= 15 is 0 Å². The summed E-state index contributed by atoms with van der Waals surface area (Å²) in [5.74, 6) is 0.453. The third-order valence-electron chi connectivity index (χ3n) is 2.21. The van der Waals surface area contributed by atoms with Gasteiger partial charge < -0.3 is 5.73 Å². The molecule has 16 heavy (non-hydrogen) atoms. The highest BCUT2D eigenvalue weighted by atomic mass is 79.9. The number of hydrogen-bond acceptors (Lipinski definition) is 3. The van der Waals surface area contributed by atoms with Gasteiger partial charge in [0.05, 0.1) is 22.7 Å². The van der Waals surface area contributed by atoms with Crippen molar-refractivity contribution in [3.63, 3.8) is 0 Å². The molecule has 2 rings (SSSR count). The second kappa shape index (κ2) is 4.37.